The Balaban J connectivity index is 0.00000903. The highest BCUT2D eigenvalue weighted by Crippen LogP contribution is 2.29. The molecule has 1 rings (SSSR count). The summed E-state index contributed by atoms with van der Waals surface area (Å²) in [7, 11) is 5.92. The number of aliphatic hydroxyl groups is 1. The second-order valence-electron chi connectivity index (χ2n) is 14.5. The summed E-state index contributed by atoms with van der Waals surface area (Å²) in [6.07, 6.45) is 4.34. The van der Waals surface area contributed by atoms with E-state index >= 15 is 0 Å². The molecule has 1 aliphatic rings. The van der Waals surface area contributed by atoms with Crippen molar-refractivity contribution in [2.24, 2.45) is 17.8 Å². The van der Waals surface area contributed by atoms with Crippen LogP contribution >= 0.6 is 0 Å². The Labute approximate surface area is 324 Å². The Hall–Kier alpha value is -3.75. The summed E-state index contributed by atoms with van der Waals surface area (Å²) in [5.41, 5.74) is 0.519. The fraction of sp³-hybridized carbons (Fsp3) is 0.725. The van der Waals surface area contributed by atoms with Gasteiger partial charge in [0.05, 0.1) is 55.3 Å². The summed E-state index contributed by atoms with van der Waals surface area (Å²) in [4.78, 5) is 69.4. The maximum atomic E-state index is 14.0. The number of nitrogens with one attached hydrogen (secondary N) is 2. The first kappa shape index (κ1) is 50.2. The van der Waals surface area contributed by atoms with E-state index in [-0.39, 0.29) is 42.7 Å². The first-order chi connectivity index (χ1) is 25.3. The monoisotopic (exact) mass is 766 g/mol. The molecule has 1 fully saturated rings. The van der Waals surface area contributed by atoms with Crippen LogP contribution in [0.15, 0.2) is 37.0 Å². The van der Waals surface area contributed by atoms with E-state index in [2.05, 4.69) is 37.6 Å². The quantitative estimate of drug-likeness (QED) is 0.125. The third kappa shape index (κ3) is 14.5. The normalized spacial score (nSPS) is 18.7. The molecule has 5 amide bonds. The number of allylic oxidation sites excluding steroid dienone is 2. The lowest BCUT2D eigenvalue weighted by Gasteiger charge is -2.39. The maximum Gasteiger partial charge on any atom is 0.407 e. The van der Waals surface area contributed by atoms with Gasteiger partial charge in [-0.1, -0.05) is 92.7 Å². The van der Waals surface area contributed by atoms with Gasteiger partial charge in [0.2, 0.25) is 23.6 Å². The summed E-state index contributed by atoms with van der Waals surface area (Å²) >= 11 is 0. The number of carboxylic acid groups (broad SMARTS) is 1. The number of hydrogen-bond acceptors (Lipinski definition) is 8. The minimum atomic E-state index is -1.25. The summed E-state index contributed by atoms with van der Waals surface area (Å²) in [6, 6.07) is -2.52. The molecule has 9 atom stereocenters. The molecule has 14 nitrogen and oxygen atoms in total. The van der Waals surface area contributed by atoms with Crippen molar-refractivity contribution >= 4 is 29.7 Å². The second kappa shape index (κ2) is 25.4. The first-order valence-electron chi connectivity index (χ1n) is 19.1. The zero-order chi connectivity index (χ0) is 41.9. The molecule has 0 radical (unpaired) electrons. The lowest BCUT2D eigenvalue weighted by molar-refractivity contribution is -0.146. The highest BCUT2D eigenvalue weighted by atomic mass is 16.5. The predicted octanol–water partition coefficient (Wildman–Crippen LogP) is 4.24. The zero-order valence-electron chi connectivity index (χ0n) is 35.0. The fourth-order valence-corrected chi connectivity index (χ4v) is 6.91. The van der Waals surface area contributed by atoms with Gasteiger partial charge in [-0.25, -0.2) is 4.79 Å². The number of rotatable bonds is 21. The van der Waals surface area contributed by atoms with E-state index < -0.39 is 60.3 Å². The molecule has 9 unspecified atom stereocenters. The van der Waals surface area contributed by atoms with E-state index in [1.807, 2.05) is 13.8 Å². The molecular weight excluding hydrogens is 694 g/mol. The number of carbonyl (C=O) groups excluding carboxylic acids is 4. The molecule has 1 aliphatic heterocycles. The number of nitrogens with zero attached hydrogens (tertiary/aromatic N) is 3. The molecule has 1 saturated heterocycles. The minimum Gasteiger partial charge on any atom is -0.465 e. The number of likely N-dealkylation sites (N-methyl/N-ethyl adjacent to an activating group) is 2. The average molecular weight is 766 g/mol. The Kier molecular flexibility index (Phi) is 23.6. The number of likely N-dealkylation sites (tertiary alicyclic amines) is 1. The van der Waals surface area contributed by atoms with Gasteiger partial charge in [0, 0.05) is 34.9 Å². The Bertz CT molecular complexity index is 1260. The molecule has 0 aromatic rings. The molecule has 0 bridgehead atoms. The van der Waals surface area contributed by atoms with Gasteiger partial charge < -0.3 is 40.1 Å². The van der Waals surface area contributed by atoms with Crippen LogP contribution in [0, 0.1) is 17.8 Å². The SMILES string of the molecule is C=C/C=C(\C=C)C(O)C(C)NC(=O)C(C)C(OC)C1CCCN1C(=O)CC(OC)C(C(C)CC)N(C)C(=O)CNC(=O)C(C(C)C)N(C)C(=O)O.CCC. The van der Waals surface area contributed by atoms with Crippen LogP contribution in [-0.4, -0.2) is 139 Å². The molecule has 0 spiro atoms. The van der Waals surface area contributed by atoms with Crippen LogP contribution in [-0.2, 0) is 28.7 Å². The van der Waals surface area contributed by atoms with E-state index in [4.69, 9.17) is 9.47 Å². The summed E-state index contributed by atoms with van der Waals surface area (Å²) in [6.45, 7) is 22.5. The number of hydrogen-bond donors (Lipinski definition) is 4. The third-order valence-electron chi connectivity index (χ3n) is 10.1. The van der Waals surface area contributed by atoms with Crippen molar-refractivity contribution < 1.29 is 43.7 Å². The fourth-order valence-electron chi connectivity index (χ4n) is 6.91. The molecule has 0 saturated carbocycles. The van der Waals surface area contributed by atoms with Crippen molar-refractivity contribution in [3.8, 4) is 0 Å². The van der Waals surface area contributed by atoms with Gasteiger partial charge >= 0.3 is 6.09 Å². The number of ether oxygens (including phenoxy) is 2. The van der Waals surface area contributed by atoms with Gasteiger partial charge in [-0.3, -0.25) is 24.1 Å². The molecule has 0 aromatic heterocycles. The summed E-state index contributed by atoms with van der Waals surface area (Å²) in [5.74, 6) is -2.60. The lowest BCUT2D eigenvalue weighted by Crippen LogP contribution is -2.56. The van der Waals surface area contributed by atoms with Crippen LogP contribution in [0.1, 0.15) is 87.5 Å². The van der Waals surface area contributed by atoms with Crippen molar-refractivity contribution in [1.82, 2.24) is 25.3 Å². The van der Waals surface area contributed by atoms with Crippen LogP contribution in [0.2, 0.25) is 0 Å². The molecule has 4 N–H and O–H groups in total. The number of carbonyl (C=O) groups is 5. The molecule has 1 heterocycles. The van der Waals surface area contributed by atoms with E-state index in [1.165, 1.54) is 44.7 Å². The van der Waals surface area contributed by atoms with Crippen molar-refractivity contribution in [2.45, 2.75) is 130 Å². The zero-order valence-corrected chi connectivity index (χ0v) is 35.0. The van der Waals surface area contributed by atoms with Gasteiger partial charge in [-0.15, -0.1) is 0 Å². The van der Waals surface area contributed by atoms with Crippen molar-refractivity contribution in [3.63, 3.8) is 0 Å². The molecule has 0 aromatic carbocycles. The van der Waals surface area contributed by atoms with Crippen LogP contribution in [0.4, 0.5) is 4.79 Å². The molecule has 0 aliphatic carbocycles. The standard InChI is InChI=1S/C37H63N5O9.C3H8/c1-13-17-26(15-3)33(45)25(8)39-35(46)24(7)34(51-12)27-18-16-19-42(27)29(43)20-28(50-11)32(23(6)14-2)40(9)30(44)21-38-36(47)31(22(4)5)41(10)37(48)49;1-3-2/h13,15,17,22-25,27-28,31-34,45H,1,3,14,16,18-21H2,2,4-12H3,(H,38,47)(H,39,46)(H,48,49);3H2,1-2H3/b26-17+;. The average Bonchev–Trinajstić information content (AvgIpc) is 3.61. The Morgan fingerprint density at radius 3 is 2.02 bits per heavy atom. The van der Waals surface area contributed by atoms with Gasteiger partial charge in [-0.2, -0.15) is 0 Å². The minimum absolute atomic E-state index is 0.0367. The van der Waals surface area contributed by atoms with E-state index in [1.54, 1.807) is 45.7 Å². The van der Waals surface area contributed by atoms with Crippen molar-refractivity contribution in [3.05, 3.63) is 37.0 Å². The van der Waals surface area contributed by atoms with E-state index in [9.17, 15) is 34.2 Å². The largest absolute Gasteiger partial charge is 0.465 e. The van der Waals surface area contributed by atoms with E-state index in [0.29, 0.717) is 31.4 Å². The maximum absolute atomic E-state index is 14.0. The molecule has 54 heavy (non-hydrogen) atoms. The van der Waals surface area contributed by atoms with Crippen LogP contribution < -0.4 is 10.6 Å². The Morgan fingerprint density at radius 2 is 1.56 bits per heavy atom. The van der Waals surface area contributed by atoms with Gasteiger partial charge in [0.1, 0.15) is 6.04 Å². The van der Waals surface area contributed by atoms with Crippen molar-refractivity contribution in [1.29, 1.82) is 0 Å². The van der Waals surface area contributed by atoms with Gasteiger partial charge in [0.25, 0.3) is 0 Å². The lowest BCUT2D eigenvalue weighted by atomic mass is 9.90. The predicted molar refractivity (Wildman–Crippen MR) is 212 cm³/mol. The van der Waals surface area contributed by atoms with Gasteiger partial charge in [0.15, 0.2) is 0 Å². The molecule has 310 valence electrons. The first-order valence-corrected chi connectivity index (χ1v) is 19.1. The smallest absolute Gasteiger partial charge is 0.407 e. The van der Waals surface area contributed by atoms with Crippen LogP contribution in [0.25, 0.3) is 0 Å². The number of aliphatic hydroxyl groups excluding tert-OH is 1. The van der Waals surface area contributed by atoms with Crippen LogP contribution in [0.3, 0.4) is 0 Å². The third-order valence-corrected chi connectivity index (χ3v) is 10.1. The number of amides is 5. The highest BCUT2D eigenvalue weighted by molar-refractivity contribution is 5.89. The van der Waals surface area contributed by atoms with Crippen molar-refractivity contribution in [2.75, 3.05) is 41.4 Å². The van der Waals surface area contributed by atoms with E-state index in [0.717, 1.165) is 4.90 Å². The highest BCUT2D eigenvalue weighted by Gasteiger charge is 2.42. The number of methoxy groups -OCH3 is 2. The topological polar surface area (TPSA) is 178 Å². The summed E-state index contributed by atoms with van der Waals surface area (Å²) < 4.78 is 11.7. The second-order valence-corrected chi connectivity index (χ2v) is 14.5. The molecular formula is C40H71N5O9. The summed E-state index contributed by atoms with van der Waals surface area (Å²) in [5, 5.41) is 25.6. The van der Waals surface area contributed by atoms with Crippen LogP contribution in [0.5, 0.6) is 0 Å². The van der Waals surface area contributed by atoms with Gasteiger partial charge in [-0.05, 0) is 37.2 Å². The Morgan fingerprint density at radius 1 is 0.963 bits per heavy atom. The molecule has 14 heteroatoms.